The normalized spacial score (nSPS) is 12.9. The van der Waals surface area contributed by atoms with Gasteiger partial charge in [-0.1, -0.05) is 170 Å². The molecule has 2 aromatic heterocycles. The average molecular weight is 700 g/mol. The van der Waals surface area contributed by atoms with E-state index >= 15 is 0 Å². The third kappa shape index (κ3) is 4.80. The number of hydrogen-bond donors (Lipinski definition) is 0. The highest BCUT2D eigenvalue weighted by Gasteiger charge is 2.51. The largest absolute Gasteiger partial charge is 0.256 e. The predicted molar refractivity (Wildman–Crippen MR) is 223 cm³/mol. The maximum absolute atomic E-state index is 5.19. The van der Waals surface area contributed by atoms with E-state index in [2.05, 4.69) is 163 Å². The van der Waals surface area contributed by atoms with Crippen LogP contribution >= 0.6 is 0 Å². The molecule has 0 radical (unpaired) electrons. The van der Waals surface area contributed by atoms with Gasteiger partial charge < -0.3 is 0 Å². The second-order valence-corrected chi connectivity index (χ2v) is 14.3. The van der Waals surface area contributed by atoms with E-state index in [0.717, 1.165) is 44.9 Å². The van der Waals surface area contributed by atoms with Crippen molar-refractivity contribution in [3.8, 4) is 78.5 Å². The summed E-state index contributed by atoms with van der Waals surface area (Å²) >= 11 is 0. The van der Waals surface area contributed by atoms with Gasteiger partial charge in [0.05, 0.1) is 22.5 Å². The Labute approximate surface area is 320 Å². The van der Waals surface area contributed by atoms with E-state index in [9.17, 15) is 0 Å². The highest BCUT2D eigenvalue weighted by Crippen LogP contribution is 2.63. The number of hydrogen-bond acceptors (Lipinski definition) is 3. The van der Waals surface area contributed by atoms with Crippen LogP contribution in [0.3, 0.4) is 0 Å². The lowest BCUT2D eigenvalue weighted by Gasteiger charge is -2.30. The Balaban J connectivity index is 1.07. The number of rotatable bonds is 5. The third-order valence-corrected chi connectivity index (χ3v) is 11.4. The minimum atomic E-state index is -0.384. The van der Waals surface area contributed by atoms with Crippen molar-refractivity contribution in [3.63, 3.8) is 0 Å². The van der Waals surface area contributed by atoms with Gasteiger partial charge in [-0.15, -0.1) is 0 Å². The Morgan fingerprint density at radius 2 is 0.818 bits per heavy atom. The number of fused-ring (bicyclic) bond motifs is 10. The molecule has 0 saturated heterocycles. The highest BCUT2D eigenvalue weighted by molar-refractivity contribution is 6.00. The molecule has 2 aliphatic rings. The van der Waals surface area contributed by atoms with Crippen molar-refractivity contribution in [3.05, 3.63) is 223 Å². The molecule has 0 aliphatic heterocycles. The minimum absolute atomic E-state index is 0.384. The standard InChI is InChI=1S/C52H33N3/c1-2-14-36(15-3-1)51-54-48(35-29-27-34(28-30-35)47-26-10-11-31-53-47)33-49(55-51)38-17-12-16-37(32-38)39-21-13-25-46-50(39)42-20-6-9-24-45(42)52(46)43-22-7-4-18-40(43)41-19-5-8-23-44(41)52/h1-33H. The van der Waals surface area contributed by atoms with Gasteiger partial charge in [-0.05, 0) is 79.9 Å². The van der Waals surface area contributed by atoms with Crippen molar-refractivity contribution < 1.29 is 0 Å². The van der Waals surface area contributed by atoms with Crippen molar-refractivity contribution in [1.82, 2.24) is 15.0 Å². The van der Waals surface area contributed by atoms with Gasteiger partial charge in [0.1, 0.15) is 0 Å². The second kappa shape index (κ2) is 12.4. The molecule has 1 spiro atoms. The number of aromatic nitrogens is 3. The van der Waals surface area contributed by atoms with Crippen LogP contribution in [0.4, 0.5) is 0 Å². The fraction of sp³-hybridized carbons (Fsp3) is 0.0192. The molecule has 55 heavy (non-hydrogen) atoms. The van der Waals surface area contributed by atoms with Gasteiger partial charge in [0.2, 0.25) is 0 Å². The maximum Gasteiger partial charge on any atom is 0.160 e. The Kier molecular flexibility index (Phi) is 7.08. The zero-order chi connectivity index (χ0) is 36.3. The van der Waals surface area contributed by atoms with Crippen LogP contribution in [0, 0.1) is 0 Å². The molecule has 3 heteroatoms. The molecule has 0 amide bonds. The summed E-state index contributed by atoms with van der Waals surface area (Å²) in [7, 11) is 0. The molecule has 2 aliphatic carbocycles. The van der Waals surface area contributed by atoms with Crippen LogP contribution in [-0.4, -0.2) is 15.0 Å². The lowest BCUT2D eigenvalue weighted by Crippen LogP contribution is -2.25. The van der Waals surface area contributed by atoms with E-state index in [-0.39, 0.29) is 5.41 Å². The summed E-state index contributed by atoms with van der Waals surface area (Å²) in [5, 5.41) is 0. The molecule has 2 heterocycles. The molecule has 0 fully saturated rings. The first kappa shape index (κ1) is 31.3. The summed E-state index contributed by atoms with van der Waals surface area (Å²) in [6.07, 6.45) is 1.83. The molecular weight excluding hydrogens is 667 g/mol. The lowest BCUT2D eigenvalue weighted by molar-refractivity contribution is 0.794. The number of nitrogens with zero attached hydrogens (tertiary/aromatic N) is 3. The van der Waals surface area contributed by atoms with Crippen molar-refractivity contribution in [2.45, 2.75) is 5.41 Å². The van der Waals surface area contributed by atoms with Gasteiger partial charge in [-0.3, -0.25) is 4.98 Å². The summed E-state index contributed by atoms with van der Waals surface area (Å²) in [6.45, 7) is 0. The van der Waals surface area contributed by atoms with E-state index in [0.29, 0.717) is 5.82 Å². The Morgan fingerprint density at radius 1 is 0.309 bits per heavy atom. The van der Waals surface area contributed by atoms with Gasteiger partial charge in [-0.2, -0.15) is 0 Å². The summed E-state index contributed by atoms with van der Waals surface area (Å²) in [5.41, 5.74) is 19.4. The first-order valence-electron chi connectivity index (χ1n) is 18.8. The third-order valence-electron chi connectivity index (χ3n) is 11.4. The molecular formula is C52H33N3. The maximum atomic E-state index is 5.19. The molecule has 3 nitrogen and oxygen atoms in total. The van der Waals surface area contributed by atoms with Crippen LogP contribution in [0.25, 0.3) is 78.5 Å². The van der Waals surface area contributed by atoms with Crippen LogP contribution in [0.15, 0.2) is 200 Å². The molecule has 0 unspecified atom stereocenters. The molecule has 7 aromatic carbocycles. The zero-order valence-electron chi connectivity index (χ0n) is 29.9. The quantitative estimate of drug-likeness (QED) is 0.179. The second-order valence-electron chi connectivity index (χ2n) is 14.3. The first-order chi connectivity index (χ1) is 27.3. The first-order valence-corrected chi connectivity index (χ1v) is 18.8. The lowest BCUT2D eigenvalue weighted by atomic mass is 9.70. The molecule has 0 N–H and O–H groups in total. The number of benzene rings is 7. The molecule has 11 rings (SSSR count). The molecule has 0 saturated carbocycles. The van der Waals surface area contributed by atoms with Gasteiger partial charge >= 0.3 is 0 Å². The molecule has 256 valence electrons. The van der Waals surface area contributed by atoms with Crippen LogP contribution in [0.2, 0.25) is 0 Å². The average Bonchev–Trinajstić information content (AvgIpc) is 3.75. The summed E-state index contributed by atoms with van der Waals surface area (Å²) in [4.78, 5) is 14.8. The Bertz CT molecular complexity index is 2870. The van der Waals surface area contributed by atoms with Crippen molar-refractivity contribution in [2.24, 2.45) is 0 Å². The van der Waals surface area contributed by atoms with Crippen LogP contribution in [0.5, 0.6) is 0 Å². The van der Waals surface area contributed by atoms with E-state index in [1.807, 2.05) is 42.6 Å². The summed E-state index contributed by atoms with van der Waals surface area (Å²) < 4.78 is 0. The van der Waals surface area contributed by atoms with Crippen LogP contribution in [0.1, 0.15) is 22.3 Å². The van der Waals surface area contributed by atoms with E-state index < -0.39 is 0 Å². The van der Waals surface area contributed by atoms with E-state index in [1.165, 1.54) is 50.1 Å². The van der Waals surface area contributed by atoms with Gasteiger partial charge in [0.25, 0.3) is 0 Å². The van der Waals surface area contributed by atoms with E-state index in [4.69, 9.17) is 9.97 Å². The fourth-order valence-electron chi connectivity index (χ4n) is 9.03. The minimum Gasteiger partial charge on any atom is -0.256 e. The van der Waals surface area contributed by atoms with Crippen molar-refractivity contribution in [1.29, 1.82) is 0 Å². The topological polar surface area (TPSA) is 38.7 Å². The smallest absolute Gasteiger partial charge is 0.160 e. The van der Waals surface area contributed by atoms with Crippen molar-refractivity contribution in [2.75, 3.05) is 0 Å². The summed E-state index contributed by atoms with van der Waals surface area (Å²) in [6, 6.07) is 69.5. The van der Waals surface area contributed by atoms with Crippen molar-refractivity contribution >= 4 is 0 Å². The van der Waals surface area contributed by atoms with Crippen LogP contribution < -0.4 is 0 Å². The number of pyridine rings is 1. The molecule has 0 bridgehead atoms. The van der Waals surface area contributed by atoms with Gasteiger partial charge in [0.15, 0.2) is 5.82 Å². The fourth-order valence-corrected chi connectivity index (χ4v) is 9.03. The van der Waals surface area contributed by atoms with Crippen LogP contribution in [-0.2, 0) is 5.41 Å². The molecule has 0 atom stereocenters. The van der Waals surface area contributed by atoms with Gasteiger partial charge in [0, 0.05) is 28.5 Å². The Morgan fingerprint density at radius 3 is 1.51 bits per heavy atom. The zero-order valence-corrected chi connectivity index (χ0v) is 29.9. The highest BCUT2D eigenvalue weighted by atomic mass is 14.9. The molecule has 9 aromatic rings. The monoisotopic (exact) mass is 699 g/mol. The van der Waals surface area contributed by atoms with Gasteiger partial charge in [-0.25, -0.2) is 9.97 Å². The summed E-state index contributed by atoms with van der Waals surface area (Å²) in [5.74, 6) is 0.697. The predicted octanol–water partition coefficient (Wildman–Crippen LogP) is 12.6. The Hall–Kier alpha value is -7.23. The SMILES string of the molecule is c1ccc(-c2nc(-c3ccc(-c4ccccn4)cc3)cc(-c3cccc(-c4cccc5c4-c4ccccc4C54c5ccccc5-c5ccccc54)c3)n2)cc1. The van der Waals surface area contributed by atoms with E-state index in [1.54, 1.807) is 0 Å².